The molecule has 138 valence electrons. The Balaban J connectivity index is 2.82. The molecule has 0 spiro atoms. The molecule has 0 aromatic heterocycles. The molecule has 0 saturated carbocycles. The van der Waals surface area contributed by atoms with Crippen molar-refractivity contribution in [2.24, 2.45) is 0 Å². The van der Waals surface area contributed by atoms with E-state index < -0.39 is 16.9 Å². The minimum Gasteiger partial charge on any atom is -0.495 e. The third-order valence-corrected chi connectivity index (χ3v) is 3.54. The molecule has 0 saturated heterocycles. The van der Waals surface area contributed by atoms with Gasteiger partial charge in [0.25, 0.3) is 5.69 Å². The second-order valence-corrected chi connectivity index (χ2v) is 5.94. The van der Waals surface area contributed by atoms with Crippen molar-refractivity contribution in [3.8, 4) is 5.75 Å². The normalized spacial score (nSPS) is 12.0. The minimum atomic E-state index is -0.623. The van der Waals surface area contributed by atoms with Crippen LogP contribution >= 0.6 is 0 Å². The summed E-state index contributed by atoms with van der Waals surface area (Å²) in [7, 11) is 3.05. The van der Waals surface area contributed by atoms with Crippen LogP contribution in [0, 0.1) is 10.1 Å². The van der Waals surface area contributed by atoms with Gasteiger partial charge in [-0.25, -0.2) is 0 Å². The highest BCUT2D eigenvalue weighted by Crippen LogP contribution is 2.29. The summed E-state index contributed by atoms with van der Waals surface area (Å²) < 4.78 is 5.11. The van der Waals surface area contributed by atoms with E-state index in [2.05, 4.69) is 10.6 Å². The maximum absolute atomic E-state index is 12.4. The Labute approximate surface area is 146 Å². The first-order valence-electron chi connectivity index (χ1n) is 7.78. The Morgan fingerprint density at radius 3 is 2.48 bits per heavy atom. The van der Waals surface area contributed by atoms with Crippen LogP contribution in [0.5, 0.6) is 5.75 Å². The van der Waals surface area contributed by atoms with Crippen LogP contribution in [-0.2, 0) is 9.59 Å². The molecule has 9 nitrogen and oxygen atoms in total. The maximum Gasteiger partial charge on any atom is 0.271 e. The number of methoxy groups -OCH3 is 1. The van der Waals surface area contributed by atoms with Gasteiger partial charge < -0.3 is 15.4 Å². The fraction of sp³-hybridized carbons (Fsp3) is 0.500. The first-order valence-corrected chi connectivity index (χ1v) is 7.78. The molecule has 2 amide bonds. The van der Waals surface area contributed by atoms with Gasteiger partial charge >= 0.3 is 0 Å². The summed E-state index contributed by atoms with van der Waals surface area (Å²) >= 11 is 0. The molecule has 0 aliphatic rings. The number of hydrogen-bond donors (Lipinski definition) is 2. The summed E-state index contributed by atoms with van der Waals surface area (Å²) in [4.78, 5) is 36.1. The Bertz CT molecular complexity index is 647. The molecular weight excluding hydrogens is 328 g/mol. The van der Waals surface area contributed by atoms with Crippen molar-refractivity contribution < 1.29 is 19.2 Å². The third-order valence-electron chi connectivity index (χ3n) is 3.54. The van der Waals surface area contributed by atoms with Crippen molar-refractivity contribution in [3.05, 3.63) is 28.3 Å². The number of likely N-dealkylation sites (N-methyl/N-ethyl adjacent to an activating group) is 1. The maximum atomic E-state index is 12.4. The van der Waals surface area contributed by atoms with Crippen molar-refractivity contribution >= 4 is 23.2 Å². The second kappa shape index (κ2) is 8.97. The van der Waals surface area contributed by atoms with Crippen LogP contribution in [0.15, 0.2) is 18.2 Å². The van der Waals surface area contributed by atoms with Crippen LogP contribution in [0.3, 0.4) is 0 Å². The Kier molecular flexibility index (Phi) is 7.31. The molecular formula is C16H24N4O5. The Morgan fingerprint density at radius 2 is 1.96 bits per heavy atom. The molecule has 2 N–H and O–H groups in total. The molecule has 1 aromatic rings. The lowest BCUT2D eigenvalue weighted by Gasteiger charge is -2.24. The molecule has 1 aromatic carbocycles. The first-order chi connectivity index (χ1) is 11.6. The molecule has 1 rings (SSSR count). The van der Waals surface area contributed by atoms with Crippen LogP contribution in [0.4, 0.5) is 11.4 Å². The topological polar surface area (TPSA) is 114 Å². The van der Waals surface area contributed by atoms with Crippen LogP contribution in [0.25, 0.3) is 0 Å². The molecule has 0 unspecified atom stereocenters. The monoisotopic (exact) mass is 352 g/mol. The van der Waals surface area contributed by atoms with E-state index >= 15 is 0 Å². The van der Waals surface area contributed by atoms with Crippen LogP contribution in [0.1, 0.15) is 20.8 Å². The molecule has 0 radical (unpaired) electrons. The van der Waals surface area contributed by atoms with Crippen molar-refractivity contribution in [1.29, 1.82) is 0 Å². The number of anilines is 1. The van der Waals surface area contributed by atoms with Crippen LogP contribution in [-0.4, -0.2) is 54.4 Å². The highest BCUT2D eigenvalue weighted by atomic mass is 16.6. The minimum absolute atomic E-state index is 0.0131. The van der Waals surface area contributed by atoms with Crippen LogP contribution in [0.2, 0.25) is 0 Å². The third kappa shape index (κ3) is 6.03. The molecule has 9 heteroatoms. The van der Waals surface area contributed by atoms with E-state index in [1.807, 2.05) is 13.8 Å². The van der Waals surface area contributed by atoms with E-state index in [9.17, 15) is 19.7 Å². The summed E-state index contributed by atoms with van der Waals surface area (Å²) in [5.41, 5.74) is 0.0435. The predicted molar refractivity (Wildman–Crippen MR) is 93.6 cm³/mol. The van der Waals surface area contributed by atoms with Gasteiger partial charge in [0.1, 0.15) is 5.75 Å². The number of ether oxygens (including phenoxy) is 1. The fourth-order valence-electron chi connectivity index (χ4n) is 2.08. The Morgan fingerprint density at radius 1 is 1.32 bits per heavy atom. The summed E-state index contributed by atoms with van der Waals surface area (Å²) in [6.45, 7) is 5.39. The highest BCUT2D eigenvalue weighted by Gasteiger charge is 2.22. The van der Waals surface area contributed by atoms with E-state index in [4.69, 9.17) is 4.74 Å². The number of rotatable bonds is 8. The fourth-order valence-corrected chi connectivity index (χ4v) is 2.08. The predicted octanol–water partition coefficient (Wildman–Crippen LogP) is 1.39. The van der Waals surface area contributed by atoms with E-state index in [0.29, 0.717) is 5.75 Å². The zero-order valence-corrected chi connectivity index (χ0v) is 15.0. The zero-order chi connectivity index (χ0) is 19.1. The van der Waals surface area contributed by atoms with Gasteiger partial charge in [-0.1, -0.05) is 0 Å². The molecule has 0 bridgehead atoms. The number of carbonyl (C=O) groups excluding carboxylic acids is 2. The van der Waals surface area contributed by atoms with Crippen molar-refractivity contribution in [1.82, 2.24) is 10.2 Å². The number of carbonyl (C=O) groups is 2. The highest BCUT2D eigenvalue weighted by molar-refractivity contribution is 5.96. The lowest BCUT2D eigenvalue weighted by Crippen LogP contribution is -2.46. The average molecular weight is 352 g/mol. The van der Waals surface area contributed by atoms with Gasteiger partial charge in [0.15, 0.2) is 0 Å². The molecule has 25 heavy (non-hydrogen) atoms. The average Bonchev–Trinajstić information content (AvgIpc) is 2.52. The van der Waals surface area contributed by atoms with Gasteiger partial charge in [-0.2, -0.15) is 0 Å². The lowest BCUT2D eigenvalue weighted by molar-refractivity contribution is -0.384. The number of nitro benzene ring substituents is 1. The standard InChI is InChI=1S/C16H24N4O5/c1-10(2)17-15(21)9-19(4)11(3)16(22)18-13-8-12(20(23)24)6-7-14(13)25-5/h6-8,10-11H,9H2,1-5H3,(H,17,21)(H,18,22)/t11-/m1/s1. The smallest absolute Gasteiger partial charge is 0.271 e. The molecule has 0 aliphatic carbocycles. The lowest BCUT2D eigenvalue weighted by atomic mass is 10.2. The summed E-state index contributed by atoms with van der Waals surface area (Å²) in [5.74, 6) is -0.282. The molecule has 1 atom stereocenters. The number of nitrogens with zero attached hydrogens (tertiary/aromatic N) is 2. The number of benzene rings is 1. The van der Waals surface area contributed by atoms with E-state index in [1.165, 1.54) is 25.3 Å². The van der Waals surface area contributed by atoms with E-state index in [1.54, 1.807) is 18.9 Å². The van der Waals surface area contributed by atoms with Gasteiger partial charge in [0.2, 0.25) is 11.8 Å². The van der Waals surface area contributed by atoms with Gasteiger partial charge in [-0.3, -0.25) is 24.6 Å². The Hall–Kier alpha value is -2.68. The first kappa shape index (κ1) is 20.4. The summed E-state index contributed by atoms with van der Waals surface area (Å²) in [6, 6.07) is 3.33. The number of nitrogens with one attached hydrogen (secondary N) is 2. The van der Waals surface area contributed by atoms with Crippen molar-refractivity contribution in [2.45, 2.75) is 32.9 Å². The molecule has 0 fully saturated rings. The van der Waals surface area contributed by atoms with Gasteiger partial charge in [-0.05, 0) is 33.9 Å². The second-order valence-electron chi connectivity index (χ2n) is 5.94. The van der Waals surface area contributed by atoms with Crippen molar-refractivity contribution in [2.75, 3.05) is 26.0 Å². The largest absolute Gasteiger partial charge is 0.495 e. The zero-order valence-electron chi connectivity index (χ0n) is 15.0. The SMILES string of the molecule is COc1ccc([N+](=O)[O-])cc1NC(=O)[C@@H](C)N(C)CC(=O)NC(C)C. The number of amides is 2. The van der Waals surface area contributed by atoms with E-state index in [-0.39, 0.29) is 29.9 Å². The summed E-state index contributed by atoms with van der Waals surface area (Å²) in [5, 5.41) is 16.2. The van der Waals surface area contributed by atoms with Crippen LogP contribution < -0.4 is 15.4 Å². The van der Waals surface area contributed by atoms with Crippen molar-refractivity contribution in [3.63, 3.8) is 0 Å². The molecule has 0 aliphatic heterocycles. The summed E-state index contributed by atoms with van der Waals surface area (Å²) in [6.07, 6.45) is 0. The quantitative estimate of drug-likeness (QED) is 0.540. The number of nitro groups is 1. The number of non-ortho nitro benzene ring substituents is 1. The van der Waals surface area contributed by atoms with E-state index in [0.717, 1.165) is 0 Å². The number of hydrogen-bond acceptors (Lipinski definition) is 6. The van der Waals surface area contributed by atoms with Gasteiger partial charge in [-0.15, -0.1) is 0 Å². The van der Waals surface area contributed by atoms with Gasteiger partial charge in [0, 0.05) is 18.2 Å². The molecule has 0 heterocycles. The van der Waals surface area contributed by atoms with Gasteiger partial charge in [0.05, 0.1) is 30.3 Å².